The second-order valence-corrected chi connectivity index (χ2v) is 8.07. The minimum Gasteiger partial charge on any atom is -0.481 e. The van der Waals surface area contributed by atoms with Crippen molar-refractivity contribution in [1.82, 2.24) is 5.32 Å². The van der Waals surface area contributed by atoms with Crippen LogP contribution in [0.15, 0.2) is 48.5 Å². The number of benzene rings is 2. The van der Waals surface area contributed by atoms with Crippen molar-refractivity contribution < 1.29 is 19.4 Å². The summed E-state index contributed by atoms with van der Waals surface area (Å²) in [5, 5.41) is 12.1. The third-order valence-electron chi connectivity index (χ3n) is 6.26. The normalized spacial score (nSPS) is 17.2. The van der Waals surface area contributed by atoms with Crippen LogP contribution in [0.1, 0.15) is 55.6 Å². The second kappa shape index (κ2) is 8.68. The highest BCUT2D eigenvalue weighted by Gasteiger charge is 2.31. The SMILES string of the molecule is O=C(O)CC(NC(=O)OCC1c2ccccc2-c2ccccc21)C1CCCCC1. The molecule has 152 valence electrons. The van der Waals surface area contributed by atoms with Crippen LogP contribution in [0.25, 0.3) is 11.1 Å². The number of hydrogen-bond donors (Lipinski definition) is 2. The van der Waals surface area contributed by atoms with E-state index in [1.165, 1.54) is 17.5 Å². The highest BCUT2D eigenvalue weighted by Crippen LogP contribution is 2.44. The first-order valence-electron chi connectivity index (χ1n) is 10.5. The summed E-state index contributed by atoms with van der Waals surface area (Å²) in [5.41, 5.74) is 4.69. The van der Waals surface area contributed by atoms with E-state index in [0.717, 1.165) is 36.8 Å². The van der Waals surface area contributed by atoms with Gasteiger partial charge in [-0.15, -0.1) is 0 Å². The molecule has 4 rings (SSSR count). The van der Waals surface area contributed by atoms with Crippen LogP contribution < -0.4 is 5.32 Å². The Morgan fingerprint density at radius 3 is 2.14 bits per heavy atom. The van der Waals surface area contributed by atoms with Gasteiger partial charge in [0, 0.05) is 12.0 Å². The molecule has 2 aromatic carbocycles. The molecule has 0 radical (unpaired) electrons. The molecule has 1 unspecified atom stereocenters. The maximum Gasteiger partial charge on any atom is 0.407 e. The van der Waals surface area contributed by atoms with Crippen LogP contribution in [0.5, 0.6) is 0 Å². The Balaban J connectivity index is 1.43. The van der Waals surface area contributed by atoms with Gasteiger partial charge in [0.05, 0.1) is 6.42 Å². The molecule has 0 aromatic heterocycles. The summed E-state index contributed by atoms with van der Waals surface area (Å²) < 4.78 is 5.60. The number of rotatable bonds is 6. The predicted molar refractivity (Wildman–Crippen MR) is 111 cm³/mol. The fraction of sp³-hybridized carbons (Fsp3) is 0.417. The Morgan fingerprint density at radius 1 is 0.966 bits per heavy atom. The summed E-state index contributed by atoms with van der Waals surface area (Å²) in [6, 6.07) is 16.0. The molecule has 0 heterocycles. The molecular weight excluding hydrogens is 366 g/mol. The van der Waals surface area contributed by atoms with Gasteiger partial charge in [-0.05, 0) is 41.0 Å². The van der Waals surface area contributed by atoms with E-state index in [0.29, 0.717) is 0 Å². The summed E-state index contributed by atoms with van der Waals surface area (Å²) in [5.74, 6) is -0.680. The number of alkyl carbamates (subject to hydrolysis) is 1. The molecule has 1 amide bonds. The lowest BCUT2D eigenvalue weighted by molar-refractivity contribution is -0.137. The number of hydrogen-bond acceptors (Lipinski definition) is 3. The highest BCUT2D eigenvalue weighted by molar-refractivity contribution is 5.79. The Bertz CT molecular complexity index is 842. The third kappa shape index (κ3) is 4.29. The molecule has 2 aliphatic carbocycles. The molecule has 1 fully saturated rings. The van der Waals surface area contributed by atoms with E-state index in [1.807, 2.05) is 24.3 Å². The molecule has 5 heteroatoms. The molecular formula is C24H27NO4. The summed E-state index contributed by atoms with van der Waals surface area (Å²) in [6.45, 7) is 0.240. The number of amides is 1. The number of carbonyl (C=O) groups excluding carboxylic acids is 1. The van der Waals surface area contributed by atoms with Gasteiger partial charge in [0.2, 0.25) is 0 Å². The van der Waals surface area contributed by atoms with Gasteiger partial charge in [-0.3, -0.25) is 4.79 Å². The van der Waals surface area contributed by atoms with E-state index in [-0.39, 0.29) is 30.9 Å². The average molecular weight is 393 g/mol. The van der Waals surface area contributed by atoms with E-state index >= 15 is 0 Å². The third-order valence-corrected chi connectivity index (χ3v) is 6.26. The van der Waals surface area contributed by atoms with Crippen LogP contribution in [-0.2, 0) is 9.53 Å². The Morgan fingerprint density at radius 2 is 1.55 bits per heavy atom. The van der Waals surface area contributed by atoms with Crippen LogP contribution in [0.4, 0.5) is 4.79 Å². The molecule has 0 saturated heterocycles. The number of fused-ring (bicyclic) bond motifs is 3. The van der Waals surface area contributed by atoms with Gasteiger partial charge < -0.3 is 15.2 Å². The van der Waals surface area contributed by atoms with Crippen LogP contribution in [0.2, 0.25) is 0 Å². The lowest BCUT2D eigenvalue weighted by atomic mass is 9.83. The molecule has 2 aliphatic rings. The van der Waals surface area contributed by atoms with Gasteiger partial charge in [0.25, 0.3) is 0 Å². The largest absolute Gasteiger partial charge is 0.481 e. The van der Waals surface area contributed by atoms with Gasteiger partial charge >= 0.3 is 12.1 Å². The first-order chi connectivity index (χ1) is 14.1. The number of carboxylic acid groups (broad SMARTS) is 1. The molecule has 29 heavy (non-hydrogen) atoms. The topological polar surface area (TPSA) is 75.6 Å². The van der Waals surface area contributed by atoms with Crippen LogP contribution in [-0.4, -0.2) is 29.8 Å². The van der Waals surface area contributed by atoms with Crippen LogP contribution in [0, 0.1) is 5.92 Å². The highest BCUT2D eigenvalue weighted by atomic mass is 16.5. The molecule has 0 spiro atoms. The summed E-state index contributed by atoms with van der Waals surface area (Å²) in [4.78, 5) is 23.8. The first-order valence-corrected chi connectivity index (χ1v) is 10.5. The van der Waals surface area contributed by atoms with Crippen molar-refractivity contribution in [3.05, 3.63) is 59.7 Å². The number of carbonyl (C=O) groups is 2. The zero-order chi connectivity index (χ0) is 20.2. The van der Waals surface area contributed by atoms with Crippen molar-refractivity contribution in [2.24, 2.45) is 5.92 Å². The smallest absolute Gasteiger partial charge is 0.407 e. The standard InChI is InChI=1S/C24H27NO4/c26-23(27)14-22(16-8-2-1-3-9-16)25-24(28)29-15-21-19-12-6-4-10-17(19)18-11-5-7-13-20(18)21/h4-7,10-13,16,21-22H,1-3,8-9,14-15H2,(H,25,28)(H,26,27). The van der Waals surface area contributed by atoms with E-state index in [4.69, 9.17) is 4.74 Å². The van der Waals surface area contributed by atoms with E-state index < -0.39 is 12.1 Å². The molecule has 0 aliphatic heterocycles. The Hall–Kier alpha value is -2.82. The fourth-order valence-electron chi connectivity index (χ4n) is 4.85. The van der Waals surface area contributed by atoms with Crippen LogP contribution in [0.3, 0.4) is 0 Å². The number of ether oxygens (including phenoxy) is 1. The predicted octanol–water partition coefficient (Wildman–Crippen LogP) is 4.95. The van der Waals surface area contributed by atoms with Crippen molar-refractivity contribution in [3.63, 3.8) is 0 Å². The maximum absolute atomic E-state index is 12.5. The van der Waals surface area contributed by atoms with Crippen molar-refractivity contribution in [3.8, 4) is 11.1 Å². The van der Waals surface area contributed by atoms with E-state index in [9.17, 15) is 14.7 Å². The molecule has 2 N–H and O–H groups in total. The van der Waals surface area contributed by atoms with Gasteiger partial charge in [0.1, 0.15) is 6.61 Å². The zero-order valence-electron chi connectivity index (χ0n) is 16.5. The number of nitrogens with one attached hydrogen (secondary N) is 1. The quantitative estimate of drug-likeness (QED) is 0.728. The lowest BCUT2D eigenvalue weighted by Gasteiger charge is -2.29. The molecule has 2 aromatic rings. The first kappa shape index (κ1) is 19.5. The van der Waals surface area contributed by atoms with Crippen molar-refractivity contribution >= 4 is 12.1 Å². The number of carboxylic acids is 1. The maximum atomic E-state index is 12.5. The molecule has 1 atom stereocenters. The van der Waals surface area contributed by atoms with E-state index in [1.54, 1.807) is 0 Å². The van der Waals surface area contributed by atoms with Gasteiger partial charge in [-0.25, -0.2) is 4.79 Å². The summed E-state index contributed by atoms with van der Waals surface area (Å²) in [6.07, 6.45) is 4.70. The van der Waals surface area contributed by atoms with Crippen LogP contribution >= 0.6 is 0 Å². The minimum absolute atomic E-state index is 0.000698. The summed E-state index contributed by atoms with van der Waals surface area (Å²) in [7, 11) is 0. The van der Waals surface area contributed by atoms with Crippen molar-refractivity contribution in [1.29, 1.82) is 0 Å². The monoisotopic (exact) mass is 393 g/mol. The fourth-order valence-corrected chi connectivity index (χ4v) is 4.85. The minimum atomic E-state index is -0.889. The van der Waals surface area contributed by atoms with E-state index in [2.05, 4.69) is 29.6 Å². The number of aliphatic carboxylic acids is 1. The Labute approximate surface area is 171 Å². The lowest BCUT2D eigenvalue weighted by Crippen LogP contribution is -2.43. The Kier molecular flexibility index (Phi) is 5.84. The van der Waals surface area contributed by atoms with Crippen molar-refractivity contribution in [2.45, 2.75) is 50.5 Å². The zero-order valence-corrected chi connectivity index (χ0v) is 16.5. The average Bonchev–Trinajstić information content (AvgIpc) is 3.06. The molecule has 5 nitrogen and oxygen atoms in total. The molecule has 0 bridgehead atoms. The molecule has 1 saturated carbocycles. The van der Waals surface area contributed by atoms with Crippen molar-refractivity contribution in [2.75, 3.05) is 6.61 Å². The van der Waals surface area contributed by atoms with Gasteiger partial charge in [-0.2, -0.15) is 0 Å². The van der Waals surface area contributed by atoms with Gasteiger partial charge in [0.15, 0.2) is 0 Å². The van der Waals surface area contributed by atoms with Gasteiger partial charge in [-0.1, -0.05) is 67.8 Å². The summed E-state index contributed by atoms with van der Waals surface area (Å²) >= 11 is 0. The second-order valence-electron chi connectivity index (χ2n) is 8.07.